The Morgan fingerprint density at radius 1 is 1.50 bits per heavy atom. The molecule has 0 N–H and O–H groups in total. The van der Waals surface area contributed by atoms with Crippen molar-refractivity contribution in [3.63, 3.8) is 0 Å². The van der Waals surface area contributed by atoms with Crippen molar-refractivity contribution in [1.82, 2.24) is 9.80 Å². The summed E-state index contributed by atoms with van der Waals surface area (Å²) in [6.07, 6.45) is 1.78. The van der Waals surface area contributed by atoms with Crippen molar-refractivity contribution < 1.29 is 14.3 Å². The molecule has 1 aromatic heterocycles. The van der Waals surface area contributed by atoms with Crippen LogP contribution in [0.25, 0.3) is 6.08 Å². The van der Waals surface area contributed by atoms with Gasteiger partial charge in [0, 0.05) is 16.8 Å². The molecule has 1 saturated heterocycles. The lowest BCUT2D eigenvalue weighted by molar-refractivity contribution is -0.143. The van der Waals surface area contributed by atoms with Crippen molar-refractivity contribution in [2.24, 2.45) is 0 Å². The topological polar surface area (TPSA) is 49.9 Å². The predicted octanol–water partition coefficient (Wildman–Crippen LogP) is 1.63. The third-order valence-electron chi connectivity index (χ3n) is 2.90. The number of nitrogens with zero attached hydrogens (tertiary/aromatic N) is 2. The second-order valence-electron chi connectivity index (χ2n) is 4.29. The number of hydrogen-bond donors (Lipinski definition) is 0. The van der Waals surface area contributed by atoms with E-state index >= 15 is 0 Å². The van der Waals surface area contributed by atoms with Gasteiger partial charge in [0.2, 0.25) is 0 Å². The number of thiophene rings is 1. The van der Waals surface area contributed by atoms with Gasteiger partial charge in [0.15, 0.2) is 5.11 Å². The van der Waals surface area contributed by atoms with Gasteiger partial charge in [0.1, 0.15) is 12.2 Å². The Hall–Kier alpha value is -1.73. The summed E-state index contributed by atoms with van der Waals surface area (Å²) in [5.41, 5.74) is 0.459. The van der Waals surface area contributed by atoms with E-state index in [0.29, 0.717) is 10.8 Å². The van der Waals surface area contributed by atoms with Gasteiger partial charge in [0.25, 0.3) is 5.91 Å². The van der Waals surface area contributed by atoms with E-state index in [-0.39, 0.29) is 12.5 Å². The number of carbonyl (C=O) groups excluding carboxylic acids is 2. The Labute approximate surface area is 126 Å². The number of amides is 1. The number of carbonyl (C=O) groups is 2. The molecule has 1 amide bonds. The van der Waals surface area contributed by atoms with E-state index in [1.165, 1.54) is 16.9 Å². The fraction of sp³-hybridized carbons (Fsp3) is 0.308. The first kappa shape index (κ1) is 14.7. The maximum atomic E-state index is 12.3. The molecule has 0 aliphatic carbocycles. The van der Waals surface area contributed by atoms with Crippen LogP contribution < -0.4 is 0 Å². The highest BCUT2D eigenvalue weighted by molar-refractivity contribution is 7.80. The maximum Gasteiger partial charge on any atom is 0.325 e. The molecule has 0 saturated carbocycles. The van der Waals surface area contributed by atoms with E-state index in [0.717, 1.165) is 4.88 Å². The molecule has 7 heteroatoms. The molecular formula is C13H14N2O3S2. The maximum absolute atomic E-state index is 12.3. The average Bonchev–Trinajstić information content (AvgIpc) is 2.91. The summed E-state index contributed by atoms with van der Waals surface area (Å²) in [6.45, 7) is 1.83. The highest BCUT2D eigenvalue weighted by Crippen LogP contribution is 2.25. The number of thiocarbonyl (C=S) groups is 1. The molecule has 2 rings (SSSR count). The Morgan fingerprint density at radius 2 is 2.20 bits per heavy atom. The van der Waals surface area contributed by atoms with Crippen LogP contribution in [0.4, 0.5) is 0 Å². The Kier molecular flexibility index (Phi) is 4.20. The van der Waals surface area contributed by atoms with Crippen molar-refractivity contribution in [3.05, 3.63) is 27.6 Å². The van der Waals surface area contributed by atoms with Crippen LogP contribution in [-0.2, 0) is 14.3 Å². The van der Waals surface area contributed by atoms with E-state index in [2.05, 4.69) is 4.74 Å². The van der Waals surface area contributed by atoms with Crippen LogP contribution in [-0.4, -0.2) is 47.5 Å². The molecule has 1 aliphatic heterocycles. The molecule has 0 unspecified atom stereocenters. The largest absolute Gasteiger partial charge is 0.468 e. The summed E-state index contributed by atoms with van der Waals surface area (Å²) < 4.78 is 4.57. The molecule has 0 radical (unpaired) electrons. The molecule has 20 heavy (non-hydrogen) atoms. The Bertz CT molecular complexity index is 607. The lowest BCUT2D eigenvalue weighted by Crippen LogP contribution is -2.36. The zero-order valence-corrected chi connectivity index (χ0v) is 13.0. The minimum absolute atomic E-state index is 0.167. The second-order valence-corrected chi connectivity index (χ2v) is 5.97. The van der Waals surface area contributed by atoms with E-state index in [1.807, 2.05) is 19.1 Å². The van der Waals surface area contributed by atoms with Crippen molar-refractivity contribution in [2.75, 3.05) is 20.7 Å². The van der Waals surface area contributed by atoms with E-state index in [1.54, 1.807) is 29.4 Å². The highest BCUT2D eigenvalue weighted by Gasteiger charge is 2.37. The van der Waals surface area contributed by atoms with Gasteiger partial charge in [-0.25, -0.2) is 0 Å². The standard InChI is InChI=1S/C13H14N2O3S2/c1-8-4-5-9(20-8)6-10-12(17)15(7-11(16)18-3)13(19)14(10)2/h4-6H,7H2,1-3H3/b10-6-. The number of likely N-dealkylation sites (N-methyl/N-ethyl adjacent to an activating group) is 1. The molecule has 5 nitrogen and oxygen atoms in total. The minimum atomic E-state index is -0.498. The lowest BCUT2D eigenvalue weighted by Gasteiger charge is -2.14. The molecule has 1 aliphatic rings. The molecule has 2 heterocycles. The van der Waals surface area contributed by atoms with Crippen LogP contribution in [0.15, 0.2) is 17.8 Å². The predicted molar refractivity (Wildman–Crippen MR) is 81.1 cm³/mol. The molecule has 0 bridgehead atoms. The molecule has 0 aromatic carbocycles. The van der Waals surface area contributed by atoms with E-state index in [9.17, 15) is 9.59 Å². The van der Waals surface area contributed by atoms with Gasteiger partial charge in [-0.15, -0.1) is 11.3 Å². The highest BCUT2D eigenvalue weighted by atomic mass is 32.1. The molecule has 0 atom stereocenters. The smallest absolute Gasteiger partial charge is 0.325 e. The van der Waals surface area contributed by atoms with Gasteiger partial charge >= 0.3 is 5.97 Å². The third-order valence-corrected chi connectivity index (χ3v) is 4.34. The minimum Gasteiger partial charge on any atom is -0.468 e. The first-order valence-electron chi connectivity index (χ1n) is 5.88. The van der Waals surface area contributed by atoms with Gasteiger partial charge in [-0.2, -0.15) is 0 Å². The van der Waals surface area contributed by atoms with Crippen LogP contribution in [0.2, 0.25) is 0 Å². The average molecular weight is 310 g/mol. The third kappa shape index (κ3) is 2.73. The zero-order chi connectivity index (χ0) is 14.9. The number of rotatable bonds is 3. The first-order chi connectivity index (χ1) is 9.43. The number of methoxy groups -OCH3 is 1. The Morgan fingerprint density at radius 3 is 2.75 bits per heavy atom. The Balaban J connectivity index is 2.27. The van der Waals surface area contributed by atoms with Crippen LogP contribution in [0.1, 0.15) is 9.75 Å². The monoisotopic (exact) mass is 310 g/mol. The SMILES string of the molecule is COC(=O)CN1C(=O)/C(=C/c2ccc(C)s2)N(C)C1=S. The summed E-state index contributed by atoms with van der Waals surface area (Å²) in [6, 6.07) is 3.93. The van der Waals surface area contributed by atoms with Gasteiger partial charge in [-0.1, -0.05) is 0 Å². The molecule has 1 fully saturated rings. The summed E-state index contributed by atoms with van der Waals surface area (Å²) in [4.78, 5) is 28.6. The number of esters is 1. The van der Waals surface area contributed by atoms with Crippen LogP contribution in [0.5, 0.6) is 0 Å². The summed E-state index contributed by atoms with van der Waals surface area (Å²) >= 11 is 6.78. The van der Waals surface area contributed by atoms with Gasteiger partial charge < -0.3 is 9.64 Å². The number of hydrogen-bond acceptors (Lipinski definition) is 5. The lowest BCUT2D eigenvalue weighted by atomic mass is 10.3. The van der Waals surface area contributed by atoms with E-state index < -0.39 is 5.97 Å². The summed E-state index contributed by atoms with van der Waals surface area (Å²) in [5.74, 6) is -0.781. The number of ether oxygens (including phenoxy) is 1. The second kappa shape index (κ2) is 5.72. The zero-order valence-electron chi connectivity index (χ0n) is 11.4. The van der Waals surface area contributed by atoms with Crippen LogP contribution in [0, 0.1) is 6.92 Å². The van der Waals surface area contributed by atoms with Crippen molar-refractivity contribution >= 4 is 46.6 Å². The van der Waals surface area contributed by atoms with Crippen molar-refractivity contribution in [1.29, 1.82) is 0 Å². The van der Waals surface area contributed by atoms with Crippen molar-refractivity contribution in [3.8, 4) is 0 Å². The van der Waals surface area contributed by atoms with Crippen molar-refractivity contribution in [2.45, 2.75) is 6.92 Å². The fourth-order valence-electron chi connectivity index (χ4n) is 1.81. The first-order valence-corrected chi connectivity index (χ1v) is 7.11. The molecular weight excluding hydrogens is 296 g/mol. The van der Waals surface area contributed by atoms with Gasteiger partial charge in [-0.05, 0) is 37.4 Å². The normalized spacial score (nSPS) is 17.2. The molecule has 1 aromatic rings. The summed E-state index contributed by atoms with van der Waals surface area (Å²) in [5, 5.41) is 0.305. The fourth-order valence-corrected chi connectivity index (χ4v) is 2.87. The summed E-state index contributed by atoms with van der Waals surface area (Å²) in [7, 11) is 2.99. The number of aryl methyl sites for hydroxylation is 1. The van der Waals surface area contributed by atoms with Gasteiger partial charge in [-0.3, -0.25) is 14.5 Å². The van der Waals surface area contributed by atoms with Crippen LogP contribution >= 0.6 is 23.6 Å². The quantitative estimate of drug-likeness (QED) is 0.482. The van der Waals surface area contributed by atoms with E-state index in [4.69, 9.17) is 12.2 Å². The van der Waals surface area contributed by atoms with Gasteiger partial charge in [0.05, 0.1) is 7.11 Å². The molecule has 106 valence electrons. The van der Waals surface area contributed by atoms with Crippen LogP contribution in [0.3, 0.4) is 0 Å². The molecule has 0 spiro atoms.